The first-order valence-corrected chi connectivity index (χ1v) is 10.0. The lowest BCUT2D eigenvalue weighted by atomic mass is 9.99. The lowest BCUT2D eigenvalue weighted by Gasteiger charge is -2.15. The van der Waals surface area contributed by atoms with Crippen molar-refractivity contribution in [2.75, 3.05) is 6.61 Å². The fraction of sp³-hybridized carbons (Fsp3) is 0.174. The number of hydrogen-bond donors (Lipinski definition) is 0. The van der Waals surface area contributed by atoms with Crippen LogP contribution in [0.5, 0.6) is 0 Å². The van der Waals surface area contributed by atoms with Crippen molar-refractivity contribution in [1.82, 2.24) is 4.98 Å². The molecule has 1 unspecified atom stereocenters. The zero-order chi connectivity index (χ0) is 20.8. The minimum absolute atomic E-state index is 0.285. The van der Waals surface area contributed by atoms with Crippen LogP contribution in [0.15, 0.2) is 65.7 Å². The van der Waals surface area contributed by atoms with Gasteiger partial charge in [-0.2, -0.15) is 5.26 Å². The number of rotatable bonds is 6. The Kier molecular flexibility index (Phi) is 6.63. The van der Waals surface area contributed by atoms with Crippen molar-refractivity contribution in [3.63, 3.8) is 0 Å². The largest absolute Gasteiger partial charge is 0.465 e. The third-order valence-electron chi connectivity index (χ3n) is 4.23. The molecule has 6 heteroatoms. The van der Waals surface area contributed by atoms with Gasteiger partial charge < -0.3 is 4.74 Å². The first kappa shape index (κ1) is 20.6. The fourth-order valence-corrected chi connectivity index (χ4v) is 3.73. The van der Waals surface area contributed by atoms with E-state index in [1.54, 1.807) is 26.0 Å². The summed E-state index contributed by atoms with van der Waals surface area (Å²) in [6.07, 6.45) is 0. The standard InChI is InChI=1S/C23H19FN2O2S/c1-3-28-23(27)15(2)29-22-20(14-25)19(16-7-5-4-6-8-16)13-21(26-22)17-9-11-18(24)12-10-17/h4-13,15H,3H2,1-2H3. The van der Waals surface area contributed by atoms with Crippen LogP contribution in [-0.4, -0.2) is 22.8 Å². The number of benzene rings is 2. The van der Waals surface area contributed by atoms with E-state index in [0.717, 1.165) is 11.1 Å². The van der Waals surface area contributed by atoms with Crippen LogP contribution in [0.1, 0.15) is 19.4 Å². The van der Waals surface area contributed by atoms with E-state index >= 15 is 0 Å². The molecule has 2 aromatic carbocycles. The number of nitriles is 1. The number of nitrogens with zero attached hydrogens (tertiary/aromatic N) is 2. The minimum atomic E-state index is -0.526. The molecular formula is C23H19FN2O2S. The normalized spacial score (nSPS) is 11.5. The Hall–Kier alpha value is -3.17. The molecule has 0 bridgehead atoms. The maximum atomic E-state index is 13.4. The van der Waals surface area contributed by atoms with Crippen LogP contribution < -0.4 is 0 Å². The Morgan fingerprint density at radius 1 is 1.17 bits per heavy atom. The molecule has 0 aliphatic heterocycles. The highest BCUT2D eigenvalue weighted by atomic mass is 32.2. The number of ether oxygens (including phenoxy) is 1. The summed E-state index contributed by atoms with van der Waals surface area (Å²) in [6.45, 7) is 3.75. The molecule has 3 aromatic rings. The summed E-state index contributed by atoms with van der Waals surface area (Å²) in [5, 5.41) is 9.76. The van der Waals surface area contributed by atoms with Crippen LogP contribution in [0.25, 0.3) is 22.4 Å². The SMILES string of the molecule is CCOC(=O)C(C)Sc1nc(-c2ccc(F)cc2)cc(-c2ccccc2)c1C#N. The summed E-state index contributed by atoms with van der Waals surface area (Å²) >= 11 is 1.18. The second kappa shape index (κ2) is 9.35. The van der Waals surface area contributed by atoms with Crippen LogP contribution in [-0.2, 0) is 9.53 Å². The first-order chi connectivity index (χ1) is 14.0. The van der Waals surface area contributed by atoms with Gasteiger partial charge in [0.05, 0.1) is 17.9 Å². The molecule has 0 spiro atoms. The van der Waals surface area contributed by atoms with Gasteiger partial charge in [0, 0.05) is 11.1 Å². The maximum Gasteiger partial charge on any atom is 0.319 e. The van der Waals surface area contributed by atoms with Gasteiger partial charge in [-0.1, -0.05) is 42.1 Å². The zero-order valence-corrected chi connectivity index (χ0v) is 16.9. The van der Waals surface area contributed by atoms with Crippen LogP contribution in [0.3, 0.4) is 0 Å². The van der Waals surface area contributed by atoms with Crippen molar-refractivity contribution < 1.29 is 13.9 Å². The summed E-state index contributed by atoms with van der Waals surface area (Å²) < 4.78 is 18.4. The van der Waals surface area contributed by atoms with Crippen LogP contribution in [0, 0.1) is 17.1 Å². The minimum Gasteiger partial charge on any atom is -0.465 e. The molecule has 0 saturated heterocycles. The van der Waals surface area contributed by atoms with E-state index in [1.165, 1.54) is 23.9 Å². The number of carbonyl (C=O) groups excluding carboxylic acids is 1. The predicted molar refractivity (Wildman–Crippen MR) is 112 cm³/mol. The van der Waals surface area contributed by atoms with Crippen LogP contribution in [0.4, 0.5) is 4.39 Å². The van der Waals surface area contributed by atoms with Gasteiger partial charge in [0.1, 0.15) is 22.2 Å². The molecule has 29 heavy (non-hydrogen) atoms. The van der Waals surface area contributed by atoms with E-state index in [0.29, 0.717) is 21.8 Å². The smallest absolute Gasteiger partial charge is 0.319 e. The van der Waals surface area contributed by atoms with Crippen molar-refractivity contribution in [2.45, 2.75) is 24.1 Å². The van der Waals surface area contributed by atoms with Gasteiger partial charge in [-0.05, 0) is 49.7 Å². The Morgan fingerprint density at radius 2 is 1.86 bits per heavy atom. The molecule has 1 heterocycles. The number of halogens is 1. The predicted octanol–water partition coefficient (Wildman–Crippen LogP) is 5.47. The van der Waals surface area contributed by atoms with Gasteiger partial charge in [-0.25, -0.2) is 9.37 Å². The highest BCUT2D eigenvalue weighted by molar-refractivity contribution is 8.00. The van der Waals surface area contributed by atoms with E-state index in [-0.39, 0.29) is 18.4 Å². The molecular weight excluding hydrogens is 387 g/mol. The zero-order valence-electron chi connectivity index (χ0n) is 16.1. The number of aromatic nitrogens is 1. The molecule has 3 rings (SSSR count). The quantitative estimate of drug-likeness (QED) is 0.401. The average Bonchev–Trinajstić information content (AvgIpc) is 2.74. The van der Waals surface area contributed by atoms with Gasteiger partial charge in [0.2, 0.25) is 0 Å². The molecule has 0 aliphatic carbocycles. The van der Waals surface area contributed by atoms with Gasteiger partial charge in [-0.15, -0.1) is 0 Å². The Balaban J connectivity index is 2.15. The van der Waals surface area contributed by atoms with E-state index in [2.05, 4.69) is 11.1 Å². The summed E-state index contributed by atoms with van der Waals surface area (Å²) in [7, 11) is 0. The van der Waals surface area contributed by atoms with Gasteiger partial charge in [-0.3, -0.25) is 4.79 Å². The molecule has 146 valence electrons. The Bertz CT molecular complexity index is 1050. The molecule has 1 atom stereocenters. The number of hydrogen-bond acceptors (Lipinski definition) is 5. The third kappa shape index (κ3) is 4.82. The Labute approximate surface area is 173 Å². The number of carbonyl (C=O) groups is 1. The summed E-state index contributed by atoms with van der Waals surface area (Å²) in [4.78, 5) is 16.7. The van der Waals surface area contributed by atoms with Gasteiger partial charge >= 0.3 is 5.97 Å². The number of pyridine rings is 1. The molecule has 0 fully saturated rings. The van der Waals surface area contributed by atoms with Crippen LogP contribution >= 0.6 is 11.8 Å². The molecule has 1 aromatic heterocycles. The van der Waals surface area contributed by atoms with E-state index < -0.39 is 5.25 Å². The molecule has 0 radical (unpaired) electrons. The molecule has 0 aliphatic rings. The van der Waals surface area contributed by atoms with Gasteiger partial charge in [0.15, 0.2) is 0 Å². The molecule has 0 amide bonds. The highest BCUT2D eigenvalue weighted by Crippen LogP contribution is 2.35. The second-order valence-corrected chi connectivity index (χ2v) is 7.56. The summed E-state index contributed by atoms with van der Waals surface area (Å²) in [5.74, 6) is -0.701. The van der Waals surface area contributed by atoms with Gasteiger partial charge in [0.25, 0.3) is 0 Å². The lowest BCUT2D eigenvalue weighted by Crippen LogP contribution is -2.17. The monoisotopic (exact) mass is 406 g/mol. The van der Waals surface area contributed by atoms with Crippen molar-refractivity contribution in [3.8, 4) is 28.5 Å². The lowest BCUT2D eigenvalue weighted by molar-refractivity contribution is -0.142. The summed E-state index contributed by atoms with van der Waals surface area (Å²) in [6, 6.07) is 19.6. The van der Waals surface area contributed by atoms with E-state index in [4.69, 9.17) is 4.74 Å². The second-order valence-electron chi connectivity index (χ2n) is 6.23. The van der Waals surface area contributed by atoms with E-state index in [9.17, 15) is 14.4 Å². The van der Waals surface area contributed by atoms with Crippen molar-refractivity contribution in [3.05, 3.63) is 72.0 Å². The van der Waals surface area contributed by atoms with E-state index in [1.807, 2.05) is 36.4 Å². The molecule has 0 saturated carbocycles. The van der Waals surface area contributed by atoms with Crippen molar-refractivity contribution in [2.24, 2.45) is 0 Å². The maximum absolute atomic E-state index is 13.4. The number of esters is 1. The molecule has 0 N–H and O–H groups in total. The molecule has 4 nitrogen and oxygen atoms in total. The highest BCUT2D eigenvalue weighted by Gasteiger charge is 2.22. The first-order valence-electron chi connectivity index (χ1n) is 9.13. The topological polar surface area (TPSA) is 63.0 Å². The number of thioether (sulfide) groups is 1. The van der Waals surface area contributed by atoms with Crippen molar-refractivity contribution >= 4 is 17.7 Å². The fourth-order valence-electron chi connectivity index (χ4n) is 2.80. The van der Waals surface area contributed by atoms with Crippen molar-refractivity contribution in [1.29, 1.82) is 5.26 Å². The summed E-state index contributed by atoms with van der Waals surface area (Å²) in [5.41, 5.74) is 3.28. The average molecular weight is 406 g/mol. The van der Waals surface area contributed by atoms with Crippen LogP contribution in [0.2, 0.25) is 0 Å². The third-order valence-corrected chi connectivity index (χ3v) is 5.29. The Morgan fingerprint density at radius 3 is 2.48 bits per heavy atom.